The van der Waals surface area contributed by atoms with Crippen LogP contribution in [0.15, 0.2) is 88.8 Å². The number of methoxy groups -OCH3 is 1. The van der Waals surface area contributed by atoms with Crippen LogP contribution in [0.1, 0.15) is 27.7 Å². The van der Waals surface area contributed by atoms with Crippen molar-refractivity contribution >= 4 is 28.8 Å². The highest BCUT2D eigenvalue weighted by Crippen LogP contribution is 2.20. The van der Waals surface area contributed by atoms with Crippen molar-refractivity contribution in [1.29, 1.82) is 0 Å². The van der Waals surface area contributed by atoms with Crippen molar-refractivity contribution in [3.8, 4) is 5.75 Å². The number of hydrogen-bond donors (Lipinski definition) is 3. The van der Waals surface area contributed by atoms with Gasteiger partial charge in [-0.1, -0.05) is 48.5 Å². The lowest BCUT2D eigenvalue weighted by molar-refractivity contribution is -0.123. The summed E-state index contributed by atoms with van der Waals surface area (Å²) >= 11 is 0. The van der Waals surface area contributed by atoms with E-state index in [-0.39, 0.29) is 5.69 Å². The van der Waals surface area contributed by atoms with Crippen molar-refractivity contribution in [2.24, 2.45) is 5.10 Å². The maximum absolute atomic E-state index is 13.2. The van der Waals surface area contributed by atoms with Crippen LogP contribution in [0.25, 0.3) is 10.8 Å². The Bertz CT molecular complexity index is 1420. The van der Waals surface area contributed by atoms with Gasteiger partial charge in [0.15, 0.2) is 6.04 Å². The van der Waals surface area contributed by atoms with Crippen LogP contribution in [-0.2, 0) is 4.79 Å². The molecule has 3 N–H and O–H groups in total. The third-order valence-electron chi connectivity index (χ3n) is 5.09. The SMILES string of the molecule is COc1ccccc1C=NNC(=O)[C@H](NC(=O)c1ccccc1)c1n[nH]c(=O)c2ccccc12. The van der Waals surface area contributed by atoms with Gasteiger partial charge in [0.05, 0.1) is 18.7 Å². The predicted molar refractivity (Wildman–Crippen MR) is 128 cm³/mol. The zero-order valence-electron chi connectivity index (χ0n) is 18.2. The summed E-state index contributed by atoms with van der Waals surface area (Å²) in [6.07, 6.45) is 1.44. The number of para-hydroxylation sites is 1. The minimum absolute atomic E-state index is 0.185. The van der Waals surface area contributed by atoms with Gasteiger partial charge < -0.3 is 10.1 Å². The molecule has 0 spiro atoms. The van der Waals surface area contributed by atoms with E-state index in [9.17, 15) is 14.4 Å². The van der Waals surface area contributed by atoms with Crippen molar-refractivity contribution in [2.45, 2.75) is 6.04 Å². The Labute approximate surface area is 194 Å². The van der Waals surface area contributed by atoms with Crippen molar-refractivity contribution < 1.29 is 14.3 Å². The first-order valence-corrected chi connectivity index (χ1v) is 10.4. The third-order valence-corrected chi connectivity index (χ3v) is 5.09. The number of benzene rings is 3. The number of ether oxygens (including phenoxy) is 1. The molecule has 0 aliphatic heterocycles. The molecule has 9 heteroatoms. The zero-order valence-corrected chi connectivity index (χ0v) is 18.2. The van der Waals surface area contributed by atoms with Crippen molar-refractivity contribution in [1.82, 2.24) is 20.9 Å². The molecular formula is C25H21N5O4. The molecule has 0 aliphatic carbocycles. The molecule has 4 rings (SSSR count). The van der Waals surface area contributed by atoms with Crippen LogP contribution in [0.4, 0.5) is 0 Å². The second-order valence-corrected chi connectivity index (χ2v) is 7.23. The van der Waals surface area contributed by atoms with E-state index in [4.69, 9.17) is 4.74 Å². The Hall–Kier alpha value is -4.79. The summed E-state index contributed by atoms with van der Waals surface area (Å²) in [5.74, 6) is -0.533. The van der Waals surface area contributed by atoms with Gasteiger partial charge in [-0.25, -0.2) is 10.5 Å². The van der Waals surface area contributed by atoms with Gasteiger partial charge >= 0.3 is 0 Å². The minimum Gasteiger partial charge on any atom is -0.496 e. The van der Waals surface area contributed by atoms with Gasteiger partial charge in [0.1, 0.15) is 11.4 Å². The Morgan fingerprint density at radius 1 is 0.971 bits per heavy atom. The van der Waals surface area contributed by atoms with E-state index in [0.717, 1.165) is 0 Å². The number of rotatable bonds is 7. The van der Waals surface area contributed by atoms with Crippen molar-refractivity contribution in [2.75, 3.05) is 7.11 Å². The van der Waals surface area contributed by atoms with E-state index in [1.54, 1.807) is 66.7 Å². The monoisotopic (exact) mass is 455 g/mol. The summed E-state index contributed by atoms with van der Waals surface area (Å²) in [6, 6.07) is 21.1. The molecule has 0 aliphatic rings. The molecule has 170 valence electrons. The molecule has 0 saturated carbocycles. The van der Waals surface area contributed by atoms with Gasteiger partial charge in [0.25, 0.3) is 17.4 Å². The number of nitrogens with zero attached hydrogens (tertiary/aromatic N) is 2. The lowest BCUT2D eigenvalue weighted by Crippen LogP contribution is -2.40. The molecular weight excluding hydrogens is 434 g/mol. The predicted octanol–water partition coefficient (Wildman–Crippen LogP) is 2.55. The number of aromatic amines is 1. The first-order valence-electron chi connectivity index (χ1n) is 10.4. The fraction of sp³-hybridized carbons (Fsp3) is 0.0800. The quantitative estimate of drug-likeness (QED) is 0.292. The smallest absolute Gasteiger partial charge is 0.272 e. The van der Waals surface area contributed by atoms with Crippen LogP contribution >= 0.6 is 0 Å². The van der Waals surface area contributed by atoms with Crippen LogP contribution in [0.2, 0.25) is 0 Å². The summed E-state index contributed by atoms with van der Waals surface area (Å²) in [4.78, 5) is 38.3. The molecule has 34 heavy (non-hydrogen) atoms. The summed E-state index contributed by atoms with van der Waals surface area (Å²) in [5.41, 5.74) is 3.25. The highest BCUT2D eigenvalue weighted by atomic mass is 16.5. The summed E-state index contributed by atoms with van der Waals surface area (Å²) in [5, 5.41) is 14.0. The summed E-state index contributed by atoms with van der Waals surface area (Å²) < 4.78 is 5.28. The van der Waals surface area contributed by atoms with Crippen molar-refractivity contribution in [3.05, 3.63) is 106 Å². The van der Waals surface area contributed by atoms with E-state index >= 15 is 0 Å². The van der Waals surface area contributed by atoms with Crippen LogP contribution in [0.5, 0.6) is 5.75 Å². The Balaban J connectivity index is 1.67. The fourth-order valence-corrected chi connectivity index (χ4v) is 3.42. The molecule has 9 nitrogen and oxygen atoms in total. The molecule has 0 bridgehead atoms. The third kappa shape index (κ3) is 4.83. The fourth-order valence-electron chi connectivity index (χ4n) is 3.42. The van der Waals surface area contributed by atoms with Gasteiger partial charge in [-0.2, -0.15) is 10.2 Å². The van der Waals surface area contributed by atoms with Gasteiger partial charge in [0.2, 0.25) is 0 Å². The molecule has 1 atom stereocenters. The standard InChI is InChI=1S/C25H21N5O4/c1-34-20-14-8-5-11-17(20)15-26-29-25(33)22(27-23(31)16-9-3-2-4-10-16)21-18-12-6-7-13-19(18)24(32)30-28-21/h2-15,22H,1H3,(H,27,31)(H,29,33)(H,30,32)/t22-/m1/s1. The first-order chi connectivity index (χ1) is 16.6. The molecule has 0 radical (unpaired) electrons. The maximum Gasteiger partial charge on any atom is 0.272 e. The number of hydrogen-bond acceptors (Lipinski definition) is 6. The van der Waals surface area contributed by atoms with Crippen LogP contribution < -0.4 is 21.0 Å². The number of nitrogens with one attached hydrogen (secondary N) is 3. The molecule has 4 aromatic rings. The van der Waals surface area contributed by atoms with E-state index in [1.807, 2.05) is 12.1 Å². The molecule has 2 amide bonds. The number of fused-ring (bicyclic) bond motifs is 1. The average Bonchev–Trinajstić information content (AvgIpc) is 2.88. The van der Waals surface area contributed by atoms with Crippen LogP contribution in [-0.4, -0.2) is 35.3 Å². The lowest BCUT2D eigenvalue weighted by atomic mass is 10.0. The van der Waals surface area contributed by atoms with E-state index in [2.05, 4.69) is 26.0 Å². The Kier molecular flexibility index (Phi) is 6.73. The number of H-pyrrole nitrogens is 1. The second-order valence-electron chi connectivity index (χ2n) is 7.23. The number of hydrazone groups is 1. The highest BCUT2D eigenvalue weighted by Gasteiger charge is 2.27. The summed E-state index contributed by atoms with van der Waals surface area (Å²) in [6.45, 7) is 0. The van der Waals surface area contributed by atoms with E-state index < -0.39 is 23.4 Å². The molecule has 0 saturated heterocycles. The topological polar surface area (TPSA) is 126 Å². The number of amides is 2. The molecule has 3 aromatic carbocycles. The van der Waals surface area contributed by atoms with Crippen LogP contribution in [0, 0.1) is 0 Å². The van der Waals surface area contributed by atoms with Crippen LogP contribution in [0.3, 0.4) is 0 Å². The largest absolute Gasteiger partial charge is 0.496 e. The summed E-state index contributed by atoms with van der Waals surface area (Å²) in [7, 11) is 1.54. The van der Waals surface area contributed by atoms with Gasteiger partial charge in [0, 0.05) is 16.5 Å². The molecule has 0 fully saturated rings. The molecule has 1 aromatic heterocycles. The second kappa shape index (κ2) is 10.2. The van der Waals surface area contributed by atoms with Gasteiger partial charge in [-0.15, -0.1) is 0 Å². The molecule has 0 unspecified atom stereocenters. The zero-order chi connectivity index (χ0) is 23.9. The average molecular weight is 455 g/mol. The van der Waals surface area contributed by atoms with E-state index in [1.165, 1.54) is 13.3 Å². The minimum atomic E-state index is -1.23. The normalized spacial score (nSPS) is 11.8. The number of carbonyl (C=O) groups excluding carboxylic acids is 2. The maximum atomic E-state index is 13.2. The number of aromatic nitrogens is 2. The van der Waals surface area contributed by atoms with Crippen molar-refractivity contribution in [3.63, 3.8) is 0 Å². The Morgan fingerprint density at radius 3 is 2.41 bits per heavy atom. The molecule has 1 heterocycles. The first kappa shape index (κ1) is 22.4. The van der Waals surface area contributed by atoms with E-state index in [0.29, 0.717) is 27.6 Å². The Morgan fingerprint density at radius 2 is 1.65 bits per heavy atom. The number of carbonyl (C=O) groups is 2. The lowest BCUT2D eigenvalue weighted by Gasteiger charge is -2.18. The van der Waals surface area contributed by atoms with Gasteiger partial charge in [-0.05, 0) is 30.3 Å². The highest BCUT2D eigenvalue weighted by molar-refractivity contribution is 5.99. The van der Waals surface area contributed by atoms with Gasteiger partial charge in [-0.3, -0.25) is 14.4 Å².